The standard InChI is InChI=1S/C48H40N14O10/c63-43(49-29-21-25-31(26-22-29)61(69)70)51-33-11-1-3-13-35(33)53-45(65)55-37-15-5-7-17-39(37)57-47(67)59-41-19-9-10-20-42(41)60-48(68)58-40-18-8-6-16-38(40)56-46(66)54-36-14-4-2-12-34(36)52-44(64)50-30-23-27-32(28-24-30)62(71)72/h1-28H,(H2,49,51,63)(H2,50,52,64)(H2,53,55,65)(H2,54,56,66)(H2,57,59,67)(H2,58,60,68). The van der Waals surface area contributed by atoms with E-state index in [4.69, 9.17) is 0 Å². The number of hydrogen-bond acceptors (Lipinski definition) is 10. The molecule has 0 spiro atoms. The van der Waals surface area contributed by atoms with Crippen LogP contribution in [0.25, 0.3) is 0 Å². The average molecular weight is 973 g/mol. The van der Waals surface area contributed by atoms with E-state index in [1.54, 1.807) is 84.9 Å². The molecule has 0 radical (unpaired) electrons. The minimum Gasteiger partial charge on any atom is -0.308 e. The van der Waals surface area contributed by atoms with Gasteiger partial charge in [-0.05, 0) is 84.9 Å². The average Bonchev–Trinajstić information content (AvgIpc) is 3.35. The molecule has 0 atom stereocenters. The minimum absolute atomic E-state index is 0.145. The van der Waals surface area contributed by atoms with Gasteiger partial charge in [0.1, 0.15) is 0 Å². The predicted octanol–water partition coefficient (Wildman–Crippen LogP) is 11.4. The summed E-state index contributed by atoms with van der Waals surface area (Å²) in [7, 11) is 0. The number of para-hydroxylation sites is 10. The number of carbonyl (C=O) groups excluding carboxylic acids is 6. The molecule has 12 N–H and O–H groups in total. The van der Waals surface area contributed by atoms with Crippen LogP contribution in [0.4, 0.5) is 108 Å². The summed E-state index contributed by atoms with van der Waals surface area (Å²) >= 11 is 0. The van der Waals surface area contributed by atoms with Crippen LogP contribution in [0.5, 0.6) is 0 Å². The van der Waals surface area contributed by atoms with E-state index in [2.05, 4.69) is 63.8 Å². The molecular formula is C48H40N14O10. The number of rotatable bonds is 14. The van der Waals surface area contributed by atoms with E-state index in [1.165, 1.54) is 84.9 Å². The van der Waals surface area contributed by atoms with Crippen molar-refractivity contribution in [3.8, 4) is 0 Å². The van der Waals surface area contributed by atoms with Crippen LogP contribution in [0, 0.1) is 20.2 Å². The summed E-state index contributed by atoms with van der Waals surface area (Å²) in [5.74, 6) is 0. The third kappa shape index (κ3) is 13.8. The highest BCUT2D eigenvalue weighted by Crippen LogP contribution is 2.28. The fraction of sp³-hybridized carbons (Fsp3) is 0. The van der Waals surface area contributed by atoms with Gasteiger partial charge in [0.05, 0.1) is 66.7 Å². The lowest BCUT2D eigenvalue weighted by atomic mass is 10.2. The van der Waals surface area contributed by atoms with Crippen LogP contribution < -0.4 is 63.8 Å². The van der Waals surface area contributed by atoms with Crippen molar-refractivity contribution >= 4 is 116 Å². The number of amides is 12. The lowest BCUT2D eigenvalue weighted by Crippen LogP contribution is -2.26. The summed E-state index contributed by atoms with van der Waals surface area (Å²) in [5.41, 5.74) is 2.35. The second-order valence-corrected chi connectivity index (χ2v) is 14.8. The van der Waals surface area contributed by atoms with Gasteiger partial charge in [0.2, 0.25) is 0 Å². The lowest BCUT2D eigenvalue weighted by Gasteiger charge is -2.17. The third-order valence-electron chi connectivity index (χ3n) is 9.79. The number of carbonyl (C=O) groups is 6. The Bertz CT molecular complexity index is 2980. The molecule has 0 unspecified atom stereocenters. The first-order chi connectivity index (χ1) is 34.8. The number of nitro benzene ring substituents is 2. The Kier molecular flexibility index (Phi) is 15.7. The highest BCUT2D eigenvalue weighted by Gasteiger charge is 2.17. The predicted molar refractivity (Wildman–Crippen MR) is 274 cm³/mol. The second kappa shape index (κ2) is 23.1. The van der Waals surface area contributed by atoms with Crippen molar-refractivity contribution in [2.24, 2.45) is 0 Å². The van der Waals surface area contributed by atoms with Crippen molar-refractivity contribution in [1.82, 2.24) is 0 Å². The molecule has 362 valence electrons. The Hall–Kier alpha value is -11.0. The fourth-order valence-corrected chi connectivity index (χ4v) is 6.51. The van der Waals surface area contributed by atoms with Crippen molar-refractivity contribution in [1.29, 1.82) is 0 Å². The molecule has 0 saturated heterocycles. The lowest BCUT2D eigenvalue weighted by molar-refractivity contribution is -0.385. The van der Waals surface area contributed by atoms with Gasteiger partial charge in [-0.1, -0.05) is 60.7 Å². The number of nitro groups is 2. The summed E-state index contributed by atoms with van der Waals surface area (Å²) in [6.07, 6.45) is 0. The first-order valence-corrected chi connectivity index (χ1v) is 21.2. The zero-order chi connectivity index (χ0) is 51.0. The molecule has 0 aliphatic heterocycles. The maximum atomic E-state index is 13.4. The molecular weight excluding hydrogens is 933 g/mol. The highest BCUT2D eigenvalue weighted by molar-refractivity contribution is 6.12. The largest absolute Gasteiger partial charge is 0.323 e. The van der Waals surface area contributed by atoms with Crippen molar-refractivity contribution in [2.75, 3.05) is 63.8 Å². The maximum Gasteiger partial charge on any atom is 0.323 e. The number of urea groups is 6. The van der Waals surface area contributed by atoms with Crippen LogP contribution in [0.15, 0.2) is 170 Å². The molecule has 0 saturated carbocycles. The summed E-state index contributed by atoms with van der Waals surface area (Å²) in [6, 6.07) is 37.9. The molecule has 24 nitrogen and oxygen atoms in total. The van der Waals surface area contributed by atoms with Gasteiger partial charge in [0.25, 0.3) is 11.4 Å². The number of hydrogen-bond donors (Lipinski definition) is 12. The Morgan fingerprint density at radius 2 is 0.403 bits per heavy atom. The molecule has 0 heterocycles. The van der Waals surface area contributed by atoms with Crippen molar-refractivity contribution < 1.29 is 38.6 Å². The summed E-state index contributed by atoms with van der Waals surface area (Å²) in [4.78, 5) is 99.5. The Morgan fingerprint density at radius 1 is 0.250 bits per heavy atom. The van der Waals surface area contributed by atoms with Crippen LogP contribution >= 0.6 is 0 Å². The number of benzene rings is 7. The van der Waals surface area contributed by atoms with E-state index >= 15 is 0 Å². The fourth-order valence-electron chi connectivity index (χ4n) is 6.51. The molecule has 7 aromatic carbocycles. The van der Waals surface area contributed by atoms with E-state index in [-0.39, 0.29) is 68.2 Å². The molecule has 7 rings (SSSR count). The number of nitrogens with zero attached hydrogens (tertiary/aromatic N) is 2. The molecule has 0 fully saturated rings. The summed E-state index contributed by atoms with van der Waals surface area (Å²) < 4.78 is 0. The van der Waals surface area contributed by atoms with E-state index in [0.717, 1.165) is 0 Å². The van der Waals surface area contributed by atoms with E-state index in [0.29, 0.717) is 11.4 Å². The number of nitrogens with one attached hydrogen (secondary N) is 12. The van der Waals surface area contributed by atoms with Crippen LogP contribution in [-0.2, 0) is 0 Å². The zero-order valence-corrected chi connectivity index (χ0v) is 37.1. The van der Waals surface area contributed by atoms with Gasteiger partial charge in [-0.3, -0.25) is 20.2 Å². The molecule has 7 aromatic rings. The molecule has 0 aliphatic carbocycles. The Balaban J connectivity index is 0.917. The van der Waals surface area contributed by atoms with E-state index < -0.39 is 46.0 Å². The monoisotopic (exact) mass is 972 g/mol. The van der Waals surface area contributed by atoms with Gasteiger partial charge in [0, 0.05) is 35.6 Å². The quantitative estimate of drug-likeness (QED) is 0.0361. The molecule has 0 aromatic heterocycles. The second-order valence-electron chi connectivity index (χ2n) is 14.8. The summed E-state index contributed by atoms with van der Waals surface area (Å²) in [5, 5.41) is 53.6. The van der Waals surface area contributed by atoms with Crippen LogP contribution in [0.1, 0.15) is 0 Å². The topological polar surface area (TPSA) is 333 Å². The maximum absolute atomic E-state index is 13.4. The molecule has 72 heavy (non-hydrogen) atoms. The van der Waals surface area contributed by atoms with E-state index in [9.17, 15) is 49.0 Å². The van der Waals surface area contributed by atoms with Crippen LogP contribution in [0.3, 0.4) is 0 Å². The Morgan fingerprint density at radius 3 is 0.556 bits per heavy atom. The minimum atomic E-state index is -0.740. The van der Waals surface area contributed by atoms with Crippen molar-refractivity contribution in [3.05, 3.63) is 190 Å². The van der Waals surface area contributed by atoms with Gasteiger partial charge in [-0.15, -0.1) is 0 Å². The third-order valence-corrected chi connectivity index (χ3v) is 9.79. The first-order valence-electron chi connectivity index (χ1n) is 21.2. The summed E-state index contributed by atoms with van der Waals surface area (Å²) in [6.45, 7) is 0. The smallest absolute Gasteiger partial charge is 0.308 e. The molecule has 0 aliphatic rings. The first kappa shape index (κ1) is 48.9. The van der Waals surface area contributed by atoms with E-state index in [1.807, 2.05) is 0 Å². The number of non-ortho nitro benzene ring substituents is 2. The molecule has 12 amide bonds. The zero-order valence-electron chi connectivity index (χ0n) is 37.1. The van der Waals surface area contributed by atoms with Gasteiger partial charge >= 0.3 is 36.2 Å². The SMILES string of the molecule is O=C(Nc1ccc([N+](=O)[O-])cc1)Nc1ccccc1NC(=O)Nc1ccccc1NC(=O)Nc1ccccc1NC(=O)Nc1ccccc1NC(=O)Nc1ccccc1NC(=O)Nc1ccc([N+](=O)[O-])cc1. The normalized spacial score (nSPS) is 10.2. The van der Waals surface area contributed by atoms with Gasteiger partial charge in [0.15, 0.2) is 0 Å². The highest BCUT2D eigenvalue weighted by atomic mass is 16.6. The van der Waals surface area contributed by atoms with Crippen molar-refractivity contribution in [2.45, 2.75) is 0 Å². The number of anilines is 12. The molecule has 24 heteroatoms. The van der Waals surface area contributed by atoms with Crippen LogP contribution in [-0.4, -0.2) is 46.0 Å². The van der Waals surface area contributed by atoms with Gasteiger partial charge < -0.3 is 63.8 Å². The van der Waals surface area contributed by atoms with Crippen LogP contribution in [0.2, 0.25) is 0 Å². The van der Waals surface area contributed by atoms with Crippen molar-refractivity contribution in [3.63, 3.8) is 0 Å². The molecule has 0 bridgehead atoms. The van der Waals surface area contributed by atoms with Gasteiger partial charge in [-0.2, -0.15) is 0 Å². The Labute approximate surface area is 407 Å². The van der Waals surface area contributed by atoms with Gasteiger partial charge in [-0.25, -0.2) is 28.8 Å².